The van der Waals surface area contributed by atoms with Crippen LogP contribution in [-0.4, -0.2) is 25.1 Å². The number of fused-ring (bicyclic) bond motifs is 3. The van der Waals surface area contributed by atoms with Crippen LogP contribution in [0.5, 0.6) is 0 Å². The first-order valence-corrected chi connectivity index (χ1v) is 8.23. The number of carbonyl (C=O) groups is 1. The van der Waals surface area contributed by atoms with E-state index >= 15 is 0 Å². The van der Waals surface area contributed by atoms with E-state index in [1.54, 1.807) is 0 Å². The number of nitrogens with zero attached hydrogens (tertiary/aromatic N) is 4. The third-order valence-electron chi connectivity index (χ3n) is 4.28. The molecule has 0 saturated carbocycles. The van der Waals surface area contributed by atoms with Crippen LogP contribution >= 0.6 is 0 Å². The Hall–Kier alpha value is -3.48. The minimum Gasteiger partial charge on any atom is -0.324 e. The van der Waals surface area contributed by atoms with Gasteiger partial charge in [0, 0.05) is 11.1 Å². The van der Waals surface area contributed by atoms with Crippen LogP contribution in [0.15, 0.2) is 53.6 Å². The molecule has 1 N–H and O–H groups in total. The van der Waals surface area contributed by atoms with Gasteiger partial charge in [-0.1, -0.05) is 29.8 Å². The maximum Gasteiger partial charge on any atom is 0.352 e. The van der Waals surface area contributed by atoms with E-state index in [0.717, 1.165) is 26.7 Å². The molecular weight excluding hydrogens is 330 g/mol. The molecule has 0 atom stereocenters. The molecule has 0 spiro atoms. The highest BCUT2D eigenvalue weighted by Crippen LogP contribution is 2.18. The summed E-state index contributed by atoms with van der Waals surface area (Å²) in [6.45, 7) is 3.76. The molecule has 0 radical (unpaired) electrons. The van der Waals surface area contributed by atoms with Gasteiger partial charge in [0.25, 0.3) is 0 Å². The molecule has 0 bridgehead atoms. The Labute approximate surface area is 148 Å². The molecule has 4 rings (SSSR count). The number of para-hydroxylation sites is 1. The molecule has 7 nitrogen and oxygen atoms in total. The maximum absolute atomic E-state index is 12.5. The lowest BCUT2D eigenvalue weighted by Crippen LogP contribution is -2.28. The van der Waals surface area contributed by atoms with Crippen molar-refractivity contribution in [2.75, 3.05) is 5.32 Å². The van der Waals surface area contributed by atoms with Crippen LogP contribution in [0.3, 0.4) is 0 Å². The van der Waals surface area contributed by atoms with Crippen LogP contribution in [-0.2, 0) is 11.3 Å². The van der Waals surface area contributed by atoms with Crippen LogP contribution in [0.25, 0.3) is 16.6 Å². The van der Waals surface area contributed by atoms with Gasteiger partial charge < -0.3 is 5.32 Å². The first-order valence-electron chi connectivity index (χ1n) is 8.23. The second-order valence-corrected chi connectivity index (χ2v) is 6.26. The van der Waals surface area contributed by atoms with Crippen molar-refractivity contribution in [3.63, 3.8) is 0 Å². The summed E-state index contributed by atoms with van der Waals surface area (Å²) < 4.78 is 2.52. The molecule has 2 aromatic heterocycles. The summed E-state index contributed by atoms with van der Waals surface area (Å²) in [7, 11) is 0. The summed E-state index contributed by atoms with van der Waals surface area (Å²) in [5.74, 6) is -0.312. The molecule has 2 heterocycles. The van der Waals surface area contributed by atoms with Crippen molar-refractivity contribution < 1.29 is 4.79 Å². The number of carbonyl (C=O) groups excluding carboxylic acids is 1. The lowest BCUT2D eigenvalue weighted by molar-refractivity contribution is -0.117. The van der Waals surface area contributed by atoms with Crippen molar-refractivity contribution in [2.24, 2.45) is 0 Å². The molecule has 0 fully saturated rings. The lowest BCUT2D eigenvalue weighted by Gasteiger charge is -2.04. The predicted octanol–water partition coefficient (Wildman–Crippen LogP) is 2.30. The Morgan fingerprint density at radius 3 is 2.65 bits per heavy atom. The molecule has 0 aliphatic heterocycles. The fraction of sp³-hybridized carbons (Fsp3) is 0.158. The van der Waals surface area contributed by atoms with Crippen molar-refractivity contribution in [2.45, 2.75) is 20.4 Å². The van der Waals surface area contributed by atoms with Crippen molar-refractivity contribution >= 4 is 28.1 Å². The van der Waals surface area contributed by atoms with Crippen LogP contribution in [0.4, 0.5) is 5.69 Å². The number of rotatable bonds is 3. The minimum atomic E-state index is -0.394. The molecular formula is C19H17N5O2. The van der Waals surface area contributed by atoms with Gasteiger partial charge in [0.2, 0.25) is 5.91 Å². The standard InChI is InChI=1S/C19H17N5O2/c1-12-6-8-14(9-7-12)21-16(25)10-24-19(26)23-11-20-17-13(2)4-3-5-15(17)18(23)22-24/h3-9,11H,10H2,1-2H3,(H,21,25). The zero-order valence-corrected chi connectivity index (χ0v) is 14.4. The van der Waals surface area contributed by atoms with Gasteiger partial charge in [-0.25, -0.2) is 18.9 Å². The quantitative estimate of drug-likeness (QED) is 0.616. The number of amides is 1. The Morgan fingerprint density at radius 2 is 1.88 bits per heavy atom. The number of anilines is 1. The summed E-state index contributed by atoms with van der Waals surface area (Å²) in [5, 5.41) is 7.90. The normalized spacial score (nSPS) is 11.2. The first-order chi connectivity index (χ1) is 12.5. The SMILES string of the molecule is Cc1ccc(NC(=O)Cn2nc3c4cccc(C)c4ncn3c2=O)cc1. The largest absolute Gasteiger partial charge is 0.352 e. The predicted molar refractivity (Wildman–Crippen MR) is 99.3 cm³/mol. The average Bonchev–Trinajstić information content (AvgIpc) is 2.94. The van der Waals surface area contributed by atoms with Gasteiger partial charge in [0.05, 0.1) is 5.52 Å². The number of aromatic nitrogens is 4. The van der Waals surface area contributed by atoms with Crippen molar-refractivity contribution in [3.05, 3.63) is 70.4 Å². The van der Waals surface area contributed by atoms with Crippen LogP contribution in [0, 0.1) is 13.8 Å². The monoisotopic (exact) mass is 347 g/mol. The summed E-state index contributed by atoms with van der Waals surface area (Å²) in [6.07, 6.45) is 1.45. The van der Waals surface area contributed by atoms with Gasteiger partial charge in [0.1, 0.15) is 12.9 Å². The van der Waals surface area contributed by atoms with Gasteiger partial charge in [-0.15, -0.1) is 5.10 Å². The van der Waals surface area contributed by atoms with Crippen LogP contribution in [0.1, 0.15) is 11.1 Å². The van der Waals surface area contributed by atoms with E-state index in [9.17, 15) is 9.59 Å². The zero-order chi connectivity index (χ0) is 18.3. The molecule has 7 heteroatoms. The van der Waals surface area contributed by atoms with Gasteiger partial charge in [-0.05, 0) is 37.6 Å². The number of hydrogen-bond acceptors (Lipinski definition) is 4. The highest BCUT2D eigenvalue weighted by atomic mass is 16.2. The number of nitrogens with one attached hydrogen (secondary N) is 1. The second-order valence-electron chi connectivity index (χ2n) is 6.26. The van der Waals surface area contributed by atoms with E-state index < -0.39 is 5.69 Å². The number of benzene rings is 2. The minimum absolute atomic E-state index is 0.165. The Bertz CT molecular complexity index is 1190. The van der Waals surface area contributed by atoms with Crippen molar-refractivity contribution in [3.8, 4) is 0 Å². The van der Waals surface area contributed by atoms with Crippen LogP contribution < -0.4 is 11.0 Å². The van der Waals surface area contributed by atoms with E-state index in [4.69, 9.17) is 0 Å². The topological polar surface area (TPSA) is 81.3 Å². The van der Waals surface area contributed by atoms with E-state index in [0.29, 0.717) is 11.3 Å². The van der Waals surface area contributed by atoms with Gasteiger partial charge in [0.15, 0.2) is 5.65 Å². The summed E-state index contributed by atoms with van der Waals surface area (Å²) in [4.78, 5) is 29.2. The lowest BCUT2D eigenvalue weighted by atomic mass is 10.1. The molecule has 1 amide bonds. The van der Waals surface area contributed by atoms with Gasteiger partial charge in [-0.3, -0.25) is 4.79 Å². The fourth-order valence-corrected chi connectivity index (χ4v) is 2.91. The Morgan fingerprint density at radius 1 is 1.12 bits per heavy atom. The van der Waals surface area contributed by atoms with Gasteiger partial charge in [-0.2, -0.15) is 0 Å². The third kappa shape index (κ3) is 2.73. The van der Waals surface area contributed by atoms with E-state index in [1.807, 2.05) is 56.3 Å². The molecule has 0 unspecified atom stereocenters. The Balaban J connectivity index is 1.68. The summed E-state index contributed by atoms with van der Waals surface area (Å²) in [5.41, 5.74) is 3.68. The zero-order valence-electron chi connectivity index (χ0n) is 14.4. The number of aryl methyl sites for hydroxylation is 2. The molecule has 0 aliphatic rings. The fourth-order valence-electron chi connectivity index (χ4n) is 2.91. The van der Waals surface area contributed by atoms with Gasteiger partial charge >= 0.3 is 5.69 Å². The van der Waals surface area contributed by atoms with Crippen LogP contribution in [0.2, 0.25) is 0 Å². The highest BCUT2D eigenvalue weighted by molar-refractivity contribution is 5.93. The van der Waals surface area contributed by atoms with Crippen molar-refractivity contribution in [1.29, 1.82) is 0 Å². The second kappa shape index (κ2) is 6.11. The van der Waals surface area contributed by atoms with E-state index in [1.165, 1.54) is 10.7 Å². The van der Waals surface area contributed by atoms with Crippen molar-refractivity contribution in [1.82, 2.24) is 19.2 Å². The Kier molecular flexibility index (Phi) is 3.76. The smallest absolute Gasteiger partial charge is 0.324 e. The third-order valence-corrected chi connectivity index (χ3v) is 4.28. The van der Waals surface area contributed by atoms with E-state index in [-0.39, 0.29) is 12.5 Å². The molecule has 4 aromatic rings. The molecule has 26 heavy (non-hydrogen) atoms. The molecule has 0 saturated heterocycles. The molecule has 0 aliphatic carbocycles. The highest BCUT2D eigenvalue weighted by Gasteiger charge is 2.14. The number of hydrogen-bond donors (Lipinski definition) is 1. The molecule has 130 valence electrons. The summed E-state index contributed by atoms with van der Waals surface area (Å²) >= 11 is 0. The average molecular weight is 347 g/mol. The first kappa shape index (κ1) is 16.0. The maximum atomic E-state index is 12.5. The van der Waals surface area contributed by atoms with E-state index in [2.05, 4.69) is 15.4 Å². The summed E-state index contributed by atoms with van der Waals surface area (Å²) in [6, 6.07) is 13.2. The molecule has 2 aromatic carbocycles.